The maximum Gasteiger partial charge on any atom is 0.178 e. The predicted octanol–water partition coefficient (Wildman–Crippen LogP) is 8.35. The third-order valence-corrected chi connectivity index (χ3v) is 21.5. The summed E-state index contributed by atoms with van der Waals surface area (Å²) in [6.45, 7) is 24.9. The monoisotopic (exact) mass is 566 g/mol. The molecule has 1 atom stereocenters. The van der Waals surface area contributed by atoms with E-state index >= 15 is 0 Å². The smallest absolute Gasteiger partial charge is 0.178 e. The lowest BCUT2D eigenvalue weighted by Crippen LogP contribution is -2.44. The zero-order chi connectivity index (χ0) is 27.0. The van der Waals surface area contributed by atoms with E-state index in [1.165, 1.54) is 43.8 Å². The molecule has 0 spiro atoms. The molecule has 35 heavy (non-hydrogen) atoms. The average molecular weight is 567 g/mol. The molecule has 0 bridgehead atoms. The quantitative estimate of drug-likeness (QED) is 0.0765. The molecule has 0 aliphatic carbocycles. The minimum Gasteiger partial charge on any atom is -0.455 e. The van der Waals surface area contributed by atoms with E-state index in [1.54, 1.807) is 0 Å². The Morgan fingerprint density at radius 3 is 1.31 bits per heavy atom. The first-order valence-electron chi connectivity index (χ1n) is 14.4. The Labute approximate surface area is 223 Å². The molecule has 0 aromatic carbocycles. The van der Waals surface area contributed by atoms with Gasteiger partial charge < -0.3 is 22.8 Å². The molecule has 1 unspecified atom stereocenters. The van der Waals surface area contributed by atoms with E-state index in [2.05, 4.69) is 66.2 Å². The van der Waals surface area contributed by atoms with E-state index in [-0.39, 0.29) is 6.61 Å². The van der Waals surface area contributed by atoms with Gasteiger partial charge in [-0.15, -0.1) is 0 Å². The summed E-state index contributed by atoms with van der Waals surface area (Å²) >= 11 is 0. The average Bonchev–Trinajstić information content (AvgIpc) is 2.71. The van der Waals surface area contributed by atoms with Gasteiger partial charge in [0, 0.05) is 13.2 Å². The number of aliphatic hydroxyl groups is 1. The first-order chi connectivity index (χ1) is 16.1. The Kier molecular flexibility index (Phi) is 18.4. The van der Waals surface area contributed by atoms with Crippen LogP contribution < -0.4 is 0 Å². The molecule has 0 fully saturated rings. The fourth-order valence-corrected chi connectivity index (χ4v) is 23.0. The van der Waals surface area contributed by atoms with Crippen molar-refractivity contribution in [2.45, 2.75) is 148 Å². The van der Waals surface area contributed by atoms with Crippen molar-refractivity contribution in [1.29, 1.82) is 0 Å². The Morgan fingerprint density at radius 2 is 0.914 bits per heavy atom. The van der Waals surface area contributed by atoms with Crippen LogP contribution in [0.1, 0.15) is 65.2 Å². The fraction of sp³-hybridized carbons (Fsp3) is 1.00. The van der Waals surface area contributed by atoms with E-state index in [0.29, 0.717) is 13.2 Å². The van der Waals surface area contributed by atoms with Gasteiger partial charge >= 0.3 is 0 Å². The third-order valence-electron chi connectivity index (χ3n) is 6.43. The standard InChI is InChI=1S/C26H62O5Si4/c1-11-13-21-32(3,4)30-34(7,8)23-17-15-19-28-25-26(27)29-20-16-18-24-35(9,10)31-33(5,6)22-14-12-2/h26-27H,11-25H2,1-10H3. The Bertz CT molecular complexity index is 530. The SMILES string of the molecule is CCCC[Si](C)(C)O[Si](C)(C)CCCCOCC(O)OCCCC[Si](C)(C)O[Si](C)(C)CCCC. The van der Waals surface area contributed by atoms with Gasteiger partial charge in [0.1, 0.15) is 0 Å². The number of rotatable bonds is 23. The lowest BCUT2D eigenvalue weighted by molar-refractivity contribution is -0.138. The number of ether oxygens (including phenoxy) is 2. The second kappa shape index (κ2) is 18.0. The largest absolute Gasteiger partial charge is 0.455 e. The minimum atomic E-state index is -1.62. The molecule has 0 heterocycles. The Hall–Kier alpha value is 0.668. The first kappa shape index (κ1) is 35.7. The van der Waals surface area contributed by atoms with Crippen LogP contribution >= 0.6 is 0 Å². The highest BCUT2D eigenvalue weighted by Gasteiger charge is 2.33. The van der Waals surface area contributed by atoms with Gasteiger partial charge in [0.05, 0.1) is 6.61 Å². The summed E-state index contributed by atoms with van der Waals surface area (Å²) < 4.78 is 24.6. The van der Waals surface area contributed by atoms with E-state index in [0.717, 1.165) is 31.7 Å². The highest BCUT2D eigenvalue weighted by molar-refractivity contribution is 6.85. The predicted molar refractivity (Wildman–Crippen MR) is 162 cm³/mol. The molecule has 0 amide bonds. The number of aliphatic hydroxyl groups excluding tert-OH is 1. The van der Waals surface area contributed by atoms with Gasteiger partial charge in [-0.1, -0.05) is 52.4 Å². The van der Waals surface area contributed by atoms with Crippen molar-refractivity contribution < 1.29 is 22.8 Å². The van der Waals surface area contributed by atoms with Crippen LogP contribution in [0.25, 0.3) is 0 Å². The second-order valence-corrected chi connectivity index (χ2v) is 30.5. The molecule has 0 aromatic heterocycles. The van der Waals surface area contributed by atoms with E-state index in [9.17, 15) is 5.11 Å². The van der Waals surface area contributed by atoms with Crippen LogP contribution in [0.2, 0.25) is 76.6 Å². The lowest BCUT2D eigenvalue weighted by Gasteiger charge is -2.34. The summed E-state index contributed by atoms with van der Waals surface area (Å²) in [6, 6.07) is 4.88. The van der Waals surface area contributed by atoms with Crippen molar-refractivity contribution in [2.75, 3.05) is 19.8 Å². The second-order valence-electron chi connectivity index (χ2n) is 12.8. The van der Waals surface area contributed by atoms with Crippen LogP contribution in [0, 0.1) is 0 Å². The van der Waals surface area contributed by atoms with Crippen molar-refractivity contribution in [3.63, 3.8) is 0 Å². The van der Waals surface area contributed by atoms with E-state index < -0.39 is 39.6 Å². The molecule has 5 nitrogen and oxygen atoms in total. The van der Waals surface area contributed by atoms with Gasteiger partial charge in [-0.2, -0.15) is 0 Å². The molecule has 0 rings (SSSR count). The highest BCUT2D eigenvalue weighted by Crippen LogP contribution is 2.26. The number of hydrogen-bond acceptors (Lipinski definition) is 5. The van der Waals surface area contributed by atoms with Crippen molar-refractivity contribution in [3.8, 4) is 0 Å². The lowest BCUT2D eigenvalue weighted by atomic mass is 10.3. The normalized spacial score (nSPS) is 14.5. The maximum absolute atomic E-state index is 10.1. The van der Waals surface area contributed by atoms with Crippen LogP contribution in [-0.2, 0) is 17.7 Å². The summed E-state index contributed by atoms with van der Waals surface area (Å²) in [6.07, 6.45) is 8.46. The molecular formula is C26H62O5Si4. The van der Waals surface area contributed by atoms with Crippen LogP contribution in [-0.4, -0.2) is 64.5 Å². The van der Waals surface area contributed by atoms with Crippen LogP contribution in [0.5, 0.6) is 0 Å². The summed E-state index contributed by atoms with van der Waals surface area (Å²) in [5.41, 5.74) is 0. The van der Waals surface area contributed by atoms with Gasteiger partial charge in [0.2, 0.25) is 0 Å². The third kappa shape index (κ3) is 21.3. The van der Waals surface area contributed by atoms with Crippen LogP contribution in [0.15, 0.2) is 0 Å². The highest BCUT2D eigenvalue weighted by atomic mass is 28.4. The molecule has 9 heteroatoms. The number of unbranched alkanes of at least 4 members (excludes halogenated alkanes) is 4. The van der Waals surface area contributed by atoms with Gasteiger partial charge in [-0.3, -0.25) is 0 Å². The summed E-state index contributed by atoms with van der Waals surface area (Å²) in [5, 5.41) is 10.1. The van der Waals surface area contributed by atoms with Gasteiger partial charge in [0.15, 0.2) is 39.6 Å². The van der Waals surface area contributed by atoms with E-state index in [4.69, 9.17) is 17.7 Å². The van der Waals surface area contributed by atoms with Crippen LogP contribution in [0.3, 0.4) is 0 Å². The van der Waals surface area contributed by atoms with Gasteiger partial charge in [0.25, 0.3) is 0 Å². The zero-order valence-corrected chi connectivity index (χ0v) is 29.3. The maximum atomic E-state index is 10.1. The van der Waals surface area contributed by atoms with Gasteiger partial charge in [-0.05, 0) is 89.4 Å². The van der Waals surface area contributed by atoms with Crippen molar-refractivity contribution >= 4 is 33.3 Å². The summed E-state index contributed by atoms with van der Waals surface area (Å²) in [5.74, 6) is 0. The molecule has 212 valence electrons. The fourth-order valence-electron chi connectivity index (χ4n) is 4.76. The van der Waals surface area contributed by atoms with E-state index in [1.807, 2.05) is 0 Å². The van der Waals surface area contributed by atoms with Crippen LogP contribution in [0.4, 0.5) is 0 Å². The van der Waals surface area contributed by atoms with Crippen molar-refractivity contribution in [3.05, 3.63) is 0 Å². The molecule has 0 saturated carbocycles. The summed E-state index contributed by atoms with van der Waals surface area (Å²) in [4.78, 5) is 0. The molecule has 1 N–H and O–H groups in total. The number of hydrogen-bond donors (Lipinski definition) is 1. The molecule has 0 aromatic rings. The topological polar surface area (TPSA) is 57.2 Å². The zero-order valence-electron chi connectivity index (χ0n) is 25.3. The molecule has 0 aliphatic heterocycles. The van der Waals surface area contributed by atoms with Crippen molar-refractivity contribution in [1.82, 2.24) is 0 Å². The Morgan fingerprint density at radius 1 is 0.543 bits per heavy atom. The molecular weight excluding hydrogens is 505 g/mol. The van der Waals surface area contributed by atoms with Gasteiger partial charge in [-0.25, -0.2) is 0 Å². The Balaban J connectivity index is 3.88. The molecule has 0 saturated heterocycles. The molecule has 0 aliphatic rings. The minimum absolute atomic E-state index is 0.259. The summed E-state index contributed by atoms with van der Waals surface area (Å²) in [7, 11) is -6.26. The molecule has 0 radical (unpaired) electrons. The van der Waals surface area contributed by atoms with Crippen molar-refractivity contribution in [2.24, 2.45) is 0 Å². The first-order valence-corrected chi connectivity index (χ1v) is 26.9.